The normalized spacial score (nSPS) is 10.3. The second-order valence-corrected chi connectivity index (χ2v) is 6.76. The number of nitro benzene ring substituents is 1. The van der Waals surface area contributed by atoms with Gasteiger partial charge >= 0.3 is 5.97 Å². The van der Waals surface area contributed by atoms with Gasteiger partial charge in [0.2, 0.25) is 0 Å². The van der Waals surface area contributed by atoms with Crippen LogP contribution in [0.4, 0.5) is 11.4 Å². The summed E-state index contributed by atoms with van der Waals surface area (Å²) in [4.78, 5) is 47.1. The highest BCUT2D eigenvalue weighted by molar-refractivity contribution is 6.34. The number of ether oxygens (including phenoxy) is 1. The zero-order chi connectivity index (χ0) is 23.1. The Hall–Kier alpha value is -4.18. The van der Waals surface area contributed by atoms with Gasteiger partial charge in [-0.2, -0.15) is 0 Å². The highest BCUT2D eigenvalue weighted by Gasteiger charge is 2.19. The van der Waals surface area contributed by atoms with Crippen LogP contribution in [0.1, 0.15) is 26.5 Å². The van der Waals surface area contributed by atoms with Gasteiger partial charge in [0.15, 0.2) is 6.61 Å². The topological polar surface area (TPSA) is 141 Å². The summed E-state index contributed by atoms with van der Waals surface area (Å²) in [6.07, 6.45) is 1.47. The van der Waals surface area contributed by atoms with Crippen LogP contribution in [-0.2, 0) is 16.1 Å². The summed E-state index contributed by atoms with van der Waals surface area (Å²) < 4.78 is 10.1. The third-order valence-electron chi connectivity index (χ3n) is 4.18. The minimum absolute atomic E-state index is 0.0118. The van der Waals surface area contributed by atoms with Crippen molar-refractivity contribution in [3.05, 3.63) is 92.9 Å². The van der Waals surface area contributed by atoms with Crippen molar-refractivity contribution in [2.24, 2.45) is 0 Å². The van der Waals surface area contributed by atoms with Crippen LogP contribution in [0.2, 0.25) is 5.02 Å². The second-order valence-electron chi connectivity index (χ2n) is 6.35. The molecule has 0 saturated carbocycles. The predicted octanol–water partition coefficient (Wildman–Crippen LogP) is 3.57. The number of amides is 2. The van der Waals surface area contributed by atoms with Crippen LogP contribution in [0.3, 0.4) is 0 Å². The molecule has 1 aromatic heterocycles. The molecule has 11 heteroatoms. The van der Waals surface area contributed by atoms with Gasteiger partial charge in [0, 0.05) is 12.1 Å². The van der Waals surface area contributed by atoms with Gasteiger partial charge in [-0.15, -0.1) is 0 Å². The Morgan fingerprint density at radius 2 is 1.84 bits per heavy atom. The quantitative estimate of drug-likeness (QED) is 0.299. The molecule has 0 unspecified atom stereocenters. The highest BCUT2D eigenvalue weighted by Crippen LogP contribution is 2.24. The molecule has 0 radical (unpaired) electrons. The Morgan fingerprint density at radius 1 is 1.06 bits per heavy atom. The molecule has 32 heavy (non-hydrogen) atoms. The minimum atomic E-state index is -0.830. The molecule has 0 atom stereocenters. The molecule has 164 valence electrons. The molecule has 1 heterocycles. The van der Waals surface area contributed by atoms with Crippen LogP contribution in [0.15, 0.2) is 65.3 Å². The number of esters is 1. The first kappa shape index (κ1) is 22.5. The Kier molecular flexibility index (Phi) is 7.19. The van der Waals surface area contributed by atoms with Gasteiger partial charge in [-0.05, 0) is 30.3 Å². The zero-order valence-electron chi connectivity index (χ0n) is 16.4. The number of nitro groups is 1. The van der Waals surface area contributed by atoms with Gasteiger partial charge in [-0.3, -0.25) is 19.7 Å². The van der Waals surface area contributed by atoms with Crippen LogP contribution in [-0.4, -0.2) is 29.3 Å². The molecule has 0 bridgehead atoms. The maximum Gasteiger partial charge on any atom is 0.340 e. The van der Waals surface area contributed by atoms with E-state index in [2.05, 4.69) is 10.6 Å². The van der Waals surface area contributed by atoms with E-state index in [0.717, 1.165) is 12.1 Å². The van der Waals surface area contributed by atoms with Crippen molar-refractivity contribution in [3.8, 4) is 0 Å². The molecule has 0 spiro atoms. The number of benzene rings is 2. The number of hydrogen-bond donors (Lipinski definition) is 2. The number of nitrogens with one attached hydrogen (secondary N) is 2. The van der Waals surface area contributed by atoms with E-state index in [4.69, 9.17) is 20.8 Å². The molecule has 0 saturated heterocycles. The van der Waals surface area contributed by atoms with E-state index in [9.17, 15) is 24.5 Å². The van der Waals surface area contributed by atoms with Crippen molar-refractivity contribution < 1.29 is 28.5 Å². The second kappa shape index (κ2) is 10.2. The summed E-state index contributed by atoms with van der Waals surface area (Å²) >= 11 is 5.98. The summed E-state index contributed by atoms with van der Waals surface area (Å²) in [6, 6.07) is 12.8. The summed E-state index contributed by atoms with van der Waals surface area (Å²) in [6.45, 7) is -0.387. The van der Waals surface area contributed by atoms with Gasteiger partial charge in [-0.25, -0.2) is 4.79 Å². The number of anilines is 1. The number of para-hydroxylation sites is 1. The number of hydrogen-bond acceptors (Lipinski definition) is 7. The third kappa shape index (κ3) is 5.70. The Bertz CT molecular complexity index is 1160. The van der Waals surface area contributed by atoms with Gasteiger partial charge in [0.1, 0.15) is 5.76 Å². The highest BCUT2D eigenvalue weighted by atomic mass is 35.5. The molecule has 10 nitrogen and oxygen atoms in total. The summed E-state index contributed by atoms with van der Waals surface area (Å²) in [5.74, 6) is -1.50. The minimum Gasteiger partial charge on any atom is -0.467 e. The molecular formula is C21H16ClN3O7. The lowest BCUT2D eigenvalue weighted by molar-refractivity contribution is -0.384. The fraction of sp³-hybridized carbons (Fsp3) is 0.0952. The van der Waals surface area contributed by atoms with Gasteiger partial charge in [-0.1, -0.05) is 23.7 Å². The standard InChI is InChI=1S/C21H16ClN3O7/c22-17-10-13(25(29)30)7-8-15(17)20(27)24-18-6-2-1-5-16(18)21(28)32-12-19(26)23-11-14-4-3-9-31-14/h1-10H,11-12H2,(H,23,26)(H,24,27). The van der Waals surface area contributed by atoms with E-state index in [0.29, 0.717) is 5.76 Å². The third-order valence-corrected chi connectivity index (χ3v) is 4.49. The van der Waals surface area contributed by atoms with Crippen molar-refractivity contribution in [2.45, 2.75) is 6.54 Å². The number of rotatable bonds is 8. The molecule has 2 amide bonds. The predicted molar refractivity (Wildman–Crippen MR) is 113 cm³/mol. The summed E-state index contributed by atoms with van der Waals surface area (Å²) in [7, 11) is 0. The first-order chi connectivity index (χ1) is 15.3. The Balaban J connectivity index is 1.63. The first-order valence-corrected chi connectivity index (χ1v) is 9.53. The van der Waals surface area contributed by atoms with Crippen LogP contribution in [0.25, 0.3) is 0 Å². The smallest absolute Gasteiger partial charge is 0.340 e. The lowest BCUT2D eigenvalue weighted by Gasteiger charge is -2.11. The lowest BCUT2D eigenvalue weighted by Crippen LogP contribution is -2.28. The van der Waals surface area contributed by atoms with Crippen molar-refractivity contribution in [1.29, 1.82) is 0 Å². The lowest BCUT2D eigenvalue weighted by atomic mass is 10.1. The molecule has 0 fully saturated rings. The van der Waals surface area contributed by atoms with Gasteiger partial charge in [0.05, 0.1) is 39.6 Å². The SMILES string of the molecule is O=C(COC(=O)c1ccccc1NC(=O)c1ccc([N+](=O)[O-])cc1Cl)NCc1ccco1. The Morgan fingerprint density at radius 3 is 2.53 bits per heavy atom. The number of nitrogens with zero attached hydrogens (tertiary/aromatic N) is 1. The monoisotopic (exact) mass is 457 g/mol. The van der Waals surface area contributed by atoms with Crippen molar-refractivity contribution in [1.82, 2.24) is 5.32 Å². The van der Waals surface area contributed by atoms with Gasteiger partial charge < -0.3 is 19.8 Å². The van der Waals surface area contributed by atoms with Crippen molar-refractivity contribution in [2.75, 3.05) is 11.9 Å². The van der Waals surface area contributed by atoms with Gasteiger partial charge in [0.25, 0.3) is 17.5 Å². The van der Waals surface area contributed by atoms with E-state index in [1.54, 1.807) is 24.3 Å². The average molecular weight is 458 g/mol. The Labute approximate surface area is 186 Å². The number of halogens is 1. The van der Waals surface area contributed by atoms with Crippen LogP contribution in [0.5, 0.6) is 0 Å². The maximum absolute atomic E-state index is 12.6. The number of carbonyl (C=O) groups excluding carboxylic acids is 3. The fourth-order valence-electron chi connectivity index (χ4n) is 2.62. The zero-order valence-corrected chi connectivity index (χ0v) is 17.1. The van der Waals surface area contributed by atoms with Crippen LogP contribution >= 0.6 is 11.6 Å². The number of non-ortho nitro benzene ring substituents is 1. The molecule has 2 aromatic carbocycles. The molecule has 0 aliphatic rings. The maximum atomic E-state index is 12.6. The number of carbonyl (C=O) groups is 3. The molecule has 3 rings (SSSR count). The van der Waals surface area contributed by atoms with E-state index in [1.807, 2.05) is 0 Å². The summed E-state index contributed by atoms with van der Waals surface area (Å²) in [5.41, 5.74) is -0.149. The molecule has 2 N–H and O–H groups in total. The van der Waals surface area contributed by atoms with E-state index < -0.39 is 29.3 Å². The number of furan rings is 1. The van der Waals surface area contributed by atoms with E-state index in [1.165, 1.54) is 24.5 Å². The van der Waals surface area contributed by atoms with E-state index in [-0.39, 0.29) is 34.1 Å². The largest absolute Gasteiger partial charge is 0.467 e. The fourth-order valence-corrected chi connectivity index (χ4v) is 2.88. The van der Waals surface area contributed by atoms with Crippen molar-refractivity contribution in [3.63, 3.8) is 0 Å². The molecular weight excluding hydrogens is 442 g/mol. The van der Waals surface area contributed by atoms with Crippen molar-refractivity contribution >= 4 is 40.8 Å². The van der Waals surface area contributed by atoms with Crippen LogP contribution < -0.4 is 10.6 Å². The molecule has 0 aliphatic heterocycles. The molecule has 3 aromatic rings. The van der Waals surface area contributed by atoms with Crippen LogP contribution in [0, 0.1) is 10.1 Å². The first-order valence-electron chi connectivity index (χ1n) is 9.15. The summed E-state index contributed by atoms with van der Waals surface area (Å²) in [5, 5.41) is 15.8. The van der Waals surface area contributed by atoms with E-state index >= 15 is 0 Å². The molecule has 0 aliphatic carbocycles. The average Bonchev–Trinajstić information content (AvgIpc) is 3.30.